The Bertz CT molecular complexity index is 1330. The number of carbonyl (C=O) groups excluding carboxylic acids is 1. The predicted molar refractivity (Wildman–Crippen MR) is 116 cm³/mol. The van der Waals surface area contributed by atoms with Gasteiger partial charge in [0.1, 0.15) is 5.82 Å². The lowest BCUT2D eigenvalue weighted by atomic mass is 10.0. The zero-order valence-electron chi connectivity index (χ0n) is 16.6. The fraction of sp³-hybridized carbons (Fsp3) is 0.125. The SMILES string of the molecule is NC(=O)Cc1cn(Cc2cccc(C(F)(F)F)c2)c2ccc(-c3ccc(F)c(Cl)c3)cc12. The third-order valence-electron chi connectivity index (χ3n) is 5.19. The smallest absolute Gasteiger partial charge is 0.369 e. The number of nitrogens with zero attached hydrogens (tertiary/aromatic N) is 1. The van der Waals surface area contributed by atoms with Crippen molar-refractivity contribution in [2.75, 3.05) is 0 Å². The van der Waals surface area contributed by atoms with Gasteiger partial charge in [-0.15, -0.1) is 0 Å². The van der Waals surface area contributed by atoms with Crippen LogP contribution in [0.4, 0.5) is 17.6 Å². The number of primary amides is 1. The normalized spacial score (nSPS) is 11.8. The van der Waals surface area contributed by atoms with E-state index >= 15 is 0 Å². The maximum Gasteiger partial charge on any atom is 0.416 e. The highest BCUT2D eigenvalue weighted by atomic mass is 35.5. The van der Waals surface area contributed by atoms with Gasteiger partial charge in [-0.1, -0.05) is 35.9 Å². The van der Waals surface area contributed by atoms with Crippen molar-refractivity contribution in [1.29, 1.82) is 0 Å². The lowest BCUT2D eigenvalue weighted by Crippen LogP contribution is -2.13. The number of hydrogen-bond acceptors (Lipinski definition) is 1. The Balaban J connectivity index is 1.78. The predicted octanol–water partition coefficient (Wildman–Crippen LogP) is 6.20. The van der Waals surface area contributed by atoms with E-state index in [4.69, 9.17) is 17.3 Å². The molecule has 4 aromatic rings. The molecule has 8 heteroatoms. The van der Waals surface area contributed by atoms with Crippen molar-refractivity contribution >= 4 is 28.4 Å². The van der Waals surface area contributed by atoms with Gasteiger partial charge in [-0.25, -0.2) is 4.39 Å². The van der Waals surface area contributed by atoms with Crippen molar-refractivity contribution in [3.63, 3.8) is 0 Å². The Hall–Kier alpha value is -3.32. The highest BCUT2D eigenvalue weighted by Gasteiger charge is 2.30. The number of hydrogen-bond donors (Lipinski definition) is 1. The van der Waals surface area contributed by atoms with Crippen molar-refractivity contribution in [3.8, 4) is 11.1 Å². The molecule has 0 bridgehead atoms. The highest BCUT2D eigenvalue weighted by molar-refractivity contribution is 6.31. The van der Waals surface area contributed by atoms with E-state index in [1.807, 2.05) is 12.1 Å². The number of carbonyl (C=O) groups is 1. The van der Waals surface area contributed by atoms with Gasteiger partial charge >= 0.3 is 6.18 Å². The third kappa shape index (κ3) is 4.48. The van der Waals surface area contributed by atoms with Crippen LogP contribution in [0.1, 0.15) is 16.7 Å². The van der Waals surface area contributed by atoms with Crippen LogP contribution in [0, 0.1) is 5.82 Å². The zero-order chi connectivity index (χ0) is 23.0. The zero-order valence-corrected chi connectivity index (χ0v) is 17.3. The van der Waals surface area contributed by atoms with E-state index in [0.717, 1.165) is 28.6 Å². The Kier molecular flexibility index (Phi) is 5.69. The van der Waals surface area contributed by atoms with Crippen molar-refractivity contribution in [2.45, 2.75) is 19.1 Å². The molecule has 164 valence electrons. The number of halogens is 5. The minimum absolute atomic E-state index is 0.0120. The Morgan fingerprint density at radius 2 is 1.72 bits per heavy atom. The second kappa shape index (κ2) is 8.31. The molecule has 3 nitrogen and oxygen atoms in total. The van der Waals surface area contributed by atoms with Crippen molar-refractivity contribution in [1.82, 2.24) is 4.57 Å². The summed E-state index contributed by atoms with van der Waals surface area (Å²) in [6.07, 6.45) is -2.74. The topological polar surface area (TPSA) is 48.0 Å². The van der Waals surface area contributed by atoms with E-state index in [1.54, 1.807) is 29.0 Å². The average molecular weight is 461 g/mol. The molecule has 0 saturated carbocycles. The molecule has 4 rings (SSSR count). The minimum Gasteiger partial charge on any atom is -0.369 e. The summed E-state index contributed by atoms with van der Waals surface area (Å²) < 4.78 is 54.5. The first kappa shape index (κ1) is 21.9. The molecule has 1 amide bonds. The fourth-order valence-corrected chi connectivity index (χ4v) is 3.91. The van der Waals surface area contributed by atoms with Crippen LogP contribution < -0.4 is 5.73 Å². The van der Waals surface area contributed by atoms with Crippen LogP contribution in [0.2, 0.25) is 5.02 Å². The fourth-order valence-electron chi connectivity index (χ4n) is 3.73. The lowest BCUT2D eigenvalue weighted by Gasteiger charge is -2.10. The third-order valence-corrected chi connectivity index (χ3v) is 5.48. The number of rotatable bonds is 5. The summed E-state index contributed by atoms with van der Waals surface area (Å²) in [6, 6.07) is 14.9. The molecular formula is C24H17ClF4N2O. The lowest BCUT2D eigenvalue weighted by molar-refractivity contribution is -0.137. The Morgan fingerprint density at radius 3 is 2.41 bits per heavy atom. The van der Waals surface area contributed by atoms with Crippen LogP contribution in [-0.2, 0) is 23.9 Å². The monoisotopic (exact) mass is 460 g/mol. The first-order chi connectivity index (χ1) is 15.1. The maximum atomic E-state index is 13.5. The second-order valence-electron chi connectivity index (χ2n) is 7.48. The van der Waals surface area contributed by atoms with Gasteiger partial charge < -0.3 is 10.3 Å². The van der Waals surface area contributed by atoms with Crippen LogP contribution in [0.25, 0.3) is 22.0 Å². The first-order valence-electron chi connectivity index (χ1n) is 9.63. The number of nitrogens with two attached hydrogens (primary N) is 1. The molecular weight excluding hydrogens is 444 g/mol. The van der Waals surface area contributed by atoms with E-state index in [9.17, 15) is 22.4 Å². The molecule has 0 aliphatic heterocycles. The molecule has 0 atom stereocenters. The summed E-state index contributed by atoms with van der Waals surface area (Å²) in [6.45, 7) is 0.181. The molecule has 0 unspecified atom stereocenters. The number of amides is 1. The number of benzene rings is 3. The standard InChI is InChI=1S/C24H17ClF4N2O/c25-20-10-16(4-6-21(20)26)15-5-7-22-19(9-15)17(11-23(30)32)13-31(22)12-14-2-1-3-18(8-14)24(27,28)29/h1-10,13H,11-12H2,(H2,30,32). The first-order valence-corrected chi connectivity index (χ1v) is 10.0. The number of aromatic nitrogens is 1. The summed E-state index contributed by atoms with van der Waals surface area (Å²) in [5.74, 6) is -1.06. The second-order valence-corrected chi connectivity index (χ2v) is 7.89. The van der Waals surface area contributed by atoms with Gasteiger partial charge in [0, 0.05) is 23.6 Å². The average Bonchev–Trinajstić information content (AvgIpc) is 3.05. The van der Waals surface area contributed by atoms with Gasteiger partial charge in [-0.05, 0) is 58.7 Å². The molecule has 0 spiro atoms. The maximum absolute atomic E-state index is 13.5. The van der Waals surface area contributed by atoms with Crippen LogP contribution in [0.3, 0.4) is 0 Å². The molecule has 0 radical (unpaired) electrons. The molecule has 3 aromatic carbocycles. The molecule has 0 fully saturated rings. The van der Waals surface area contributed by atoms with Crippen molar-refractivity contribution in [2.24, 2.45) is 5.73 Å². The van der Waals surface area contributed by atoms with Crippen molar-refractivity contribution in [3.05, 3.63) is 94.4 Å². The van der Waals surface area contributed by atoms with Crippen LogP contribution in [0.15, 0.2) is 66.9 Å². The Labute approximate surface area is 186 Å². The van der Waals surface area contributed by atoms with Gasteiger partial charge in [0.25, 0.3) is 0 Å². The largest absolute Gasteiger partial charge is 0.416 e. The van der Waals surface area contributed by atoms with Crippen LogP contribution in [-0.4, -0.2) is 10.5 Å². The van der Waals surface area contributed by atoms with Gasteiger partial charge in [-0.3, -0.25) is 4.79 Å². The molecule has 1 heterocycles. The van der Waals surface area contributed by atoms with Crippen LogP contribution in [0.5, 0.6) is 0 Å². The summed E-state index contributed by atoms with van der Waals surface area (Å²) in [5, 5.41) is 0.718. The van der Waals surface area contributed by atoms with E-state index in [1.165, 1.54) is 18.2 Å². The van der Waals surface area contributed by atoms with Gasteiger partial charge in [0.2, 0.25) is 5.91 Å². The van der Waals surface area contributed by atoms with Gasteiger partial charge in [0.05, 0.1) is 17.0 Å². The van der Waals surface area contributed by atoms with Crippen LogP contribution >= 0.6 is 11.6 Å². The van der Waals surface area contributed by atoms with Gasteiger partial charge in [-0.2, -0.15) is 13.2 Å². The van der Waals surface area contributed by atoms with E-state index in [-0.39, 0.29) is 18.0 Å². The van der Waals surface area contributed by atoms with Gasteiger partial charge in [0.15, 0.2) is 0 Å². The highest BCUT2D eigenvalue weighted by Crippen LogP contribution is 2.32. The summed E-state index contributed by atoms with van der Waals surface area (Å²) in [5.41, 5.74) is 7.97. The number of alkyl halides is 3. The molecule has 32 heavy (non-hydrogen) atoms. The molecule has 0 saturated heterocycles. The van der Waals surface area contributed by atoms with Crippen molar-refractivity contribution < 1.29 is 22.4 Å². The molecule has 0 aliphatic carbocycles. The van der Waals surface area contributed by atoms with E-state index in [2.05, 4.69) is 0 Å². The number of fused-ring (bicyclic) bond motifs is 1. The molecule has 0 aliphatic rings. The van der Waals surface area contributed by atoms with E-state index < -0.39 is 23.5 Å². The molecule has 2 N–H and O–H groups in total. The summed E-state index contributed by atoms with van der Waals surface area (Å²) >= 11 is 5.90. The van der Waals surface area contributed by atoms with E-state index in [0.29, 0.717) is 16.7 Å². The Morgan fingerprint density at radius 1 is 1.00 bits per heavy atom. The quantitative estimate of drug-likeness (QED) is 0.354. The molecule has 1 aromatic heterocycles. The summed E-state index contributed by atoms with van der Waals surface area (Å²) in [7, 11) is 0. The minimum atomic E-state index is -4.43. The summed E-state index contributed by atoms with van der Waals surface area (Å²) in [4.78, 5) is 11.6.